The Labute approximate surface area is 138 Å². The first-order chi connectivity index (χ1) is 11.6. The summed E-state index contributed by atoms with van der Waals surface area (Å²) in [6.45, 7) is 0. The van der Waals surface area contributed by atoms with Gasteiger partial charge in [-0.05, 0) is 18.2 Å². The van der Waals surface area contributed by atoms with Gasteiger partial charge in [-0.15, -0.1) is 0 Å². The maximum absolute atomic E-state index is 12.3. The highest BCUT2D eigenvalue weighted by molar-refractivity contribution is 6.02. The first kappa shape index (κ1) is 15.7. The van der Waals surface area contributed by atoms with E-state index in [9.17, 15) is 14.4 Å². The van der Waals surface area contributed by atoms with Crippen LogP contribution in [0.5, 0.6) is 0 Å². The molecule has 3 rings (SSSR count). The minimum Gasteiger partial charge on any atom is -0.465 e. The van der Waals surface area contributed by atoms with Crippen LogP contribution in [0.1, 0.15) is 38.8 Å². The van der Waals surface area contributed by atoms with E-state index in [1.165, 1.54) is 7.11 Å². The van der Waals surface area contributed by atoms with E-state index in [0.717, 1.165) is 0 Å². The Morgan fingerprint density at radius 1 is 1.12 bits per heavy atom. The highest BCUT2D eigenvalue weighted by atomic mass is 16.5. The van der Waals surface area contributed by atoms with E-state index in [1.807, 2.05) is 0 Å². The minimum absolute atomic E-state index is 0.0295. The molecule has 122 valence electrons. The van der Waals surface area contributed by atoms with E-state index in [0.29, 0.717) is 16.8 Å². The normalized spacial score (nSPS) is 15.4. The molecule has 0 radical (unpaired) electrons. The SMILES string of the molecule is COC(=O)c1ccccc1NC(=O)CC1OC(=O)c2ccccc21. The molecule has 6 heteroatoms. The number of amides is 1. The van der Waals surface area contributed by atoms with Crippen LogP contribution in [0.3, 0.4) is 0 Å². The molecule has 0 saturated heterocycles. The molecule has 0 aliphatic carbocycles. The Morgan fingerprint density at radius 3 is 2.62 bits per heavy atom. The largest absolute Gasteiger partial charge is 0.465 e. The number of fused-ring (bicyclic) bond motifs is 1. The van der Waals surface area contributed by atoms with Crippen molar-refractivity contribution in [2.75, 3.05) is 12.4 Å². The monoisotopic (exact) mass is 325 g/mol. The second-order valence-corrected chi connectivity index (χ2v) is 5.27. The average molecular weight is 325 g/mol. The zero-order valence-electron chi connectivity index (χ0n) is 12.9. The van der Waals surface area contributed by atoms with Crippen LogP contribution in [0.25, 0.3) is 0 Å². The first-order valence-corrected chi connectivity index (χ1v) is 7.37. The summed E-state index contributed by atoms with van der Waals surface area (Å²) in [5, 5.41) is 2.67. The molecule has 1 unspecified atom stereocenters. The Hall–Kier alpha value is -3.15. The maximum Gasteiger partial charge on any atom is 0.339 e. The number of hydrogen-bond acceptors (Lipinski definition) is 5. The fourth-order valence-electron chi connectivity index (χ4n) is 2.62. The van der Waals surface area contributed by atoms with Crippen molar-refractivity contribution < 1.29 is 23.9 Å². The molecule has 2 aromatic carbocycles. The van der Waals surface area contributed by atoms with E-state index in [4.69, 9.17) is 9.47 Å². The number of carbonyl (C=O) groups excluding carboxylic acids is 3. The minimum atomic E-state index is -0.626. The van der Waals surface area contributed by atoms with Crippen molar-refractivity contribution >= 4 is 23.5 Å². The zero-order chi connectivity index (χ0) is 17.1. The summed E-state index contributed by atoms with van der Waals surface area (Å²) in [5.41, 5.74) is 1.79. The number of benzene rings is 2. The summed E-state index contributed by atoms with van der Waals surface area (Å²) in [6.07, 6.45) is -0.655. The summed E-state index contributed by atoms with van der Waals surface area (Å²) in [7, 11) is 1.27. The summed E-state index contributed by atoms with van der Waals surface area (Å²) < 4.78 is 9.94. The van der Waals surface area contributed by atoms with Crippen LogP contribution in [0.4, 0.5) is 5.69 Å². The molecule has 0 bridgehead atoms. The number of hydrogen-bond donors (Lipinski definition) is 1. The van der Waals surface area contributed by atoms with E-state index in [-0.39, 0.29) is 17.9 Å². The molecule has 1 aliphatic heterocycles. The van der Waals surface area contributed by atoms with E-state index >= 15 is 0 Å². The number of cyclic esters (lactones) is 1. The van der Waals surface area contributed by atoms with Crippen LogP contribution in [0.2, 0.25) is 0 Å². The number of nitrogens with one attached hydrogen (secondary N) is 1. The fourth-order valence-corrected chi connectivity index (χ4v) is 2.62. The van der Waals surface area contributed by atoms with Crippen molar-refractivity contribution in [1.82, 2.24) is 0 Å². The maximum atomic E-state index is 12.3. The van der Waals surface area contributed by atoms with Gasteiger partial charge < -0.3 is 14.8 Å². The van der Waals surface area contributed by atoms with Gasteiger partial charge in [-0.25, -0.2) is 9.59 Å². The Balaban J connectivity index is 1.74. The number of anilines is 1. The lowest BCUT2D eigenvalue weighted by atomic mass is 10.0. The molecule has 0 saturated carbocycles. The first-order valence-electron chi connectivity index (χ1n) is 7.37. The van der Waals surface area contributed by atoms with Gasteiger partial charge in [0, 0.05) is 5.56 Å². The van der Waals surface area contributed by atoms with Crippen LogP contribution >= 0.6 is 0 Å². The Kier molecular flexibility index (Phi) is 4.29. The third-order valence-corrected chi connectivity index (χ3v) is 3.75. The Bertz CT molecular complexity index is 815. The molecule has 1 heterocycles. The van der Waals surface area contributed by atoms with Crippen molar-refractivity contribution in [3.8, 4) is 0 Å². The summed E-state index contributed by atoms with van der Waals surface area (Å²) >= 11 is 0. The van der Waals surface area contributed by atoms with Crippen molar-refractivity contribution in [3.63, 3.8) is 0 Å². The van der Waals surface area contributed by atoms with Gasteiger partial charge in [0.2, 0.25) is 5.91 Å². The van der Waals surface area contributed by atoms with Crippen molar-refractivity contribution in [2.24, 2.45) is 0 Å². The zero-order valence-corrected chi connectivity index (χ0v) is 12.9. The third-order valence-electron chi connectivity index (χ3n) is 3.75. The number of carbonyl (C=O) groups is 3. The van der Waals surface area contributed by atoms with Gasteiger partial charge in [-0.2, -0.15) is 0 Å². The van der Waals surface area contributed by atoms with Gasteiger partial charge in [-0.1, -0.05) is 30.3 Å². The highest BCUT2D eigenvalue weighted by Crippen LogP contribution is 2.33. The predicted molar refractivity (Wildman–Crippen MR) is 85.6 cm³/mol. The van der Waals surface area contributed by atoms with Crippen LogP contribution in [-0.4, -0.2) is 25.0 Å². The Morgan fingerprint density at radius 2 is 1.83 bits per heavy atom. The lowest BCUT2D eigenvalue weighted by molar-refractivity contribution is -0.118. The molecule has 1 atom stereocenters. The number of para-hydroxylation sites is 1. The van der Waals surface area contributed by atoms with Gasteiger partial charge in [0.15, 0.2) is 0 Å². The molecule has 1 aliphatic rings. The smallest absolute Gasteiger partial charge is 0.339 e. The topological polar surface area (TPSA) is 81.7 Å². The van der Waals surface area contributed by atoms with Crippen molar-refractivity contribution in [1.29, 1.82) is 0 Å². The molecule has 0 fully saturated rings. The van der Waals surface area contributed by atoms with Gasteiger partial charge in [-0.3, -0.25) is 4.79 Å². The van der Waals surface area contributed by atoms with Gasteiger partial charge in [0.25, 0.3) is 0 Å². The number of rotatable bonds is 4. The standard InChI is InChI=1S/C18H15NO5/c1-23-17(21)13-8-4-5-9-14(13)19-16(20)10-15-11-6-2-3-7-12(11)18(22)24-15/h2-9,15H,10H2,1H3,(H,19,20). The molecule has 6 nitrogen and oxygen atoms in total. The lowest BCUT2D eigenvalue weighted by Crippen LogP contribution is -2.18. The summed E-state index contributed by atoms with van der Waals surface area (Å²) in [4.78, 5) is 35.8. The number of esters is 2. The van der Waals surface area contributed by atoms with Crippen LogP contribution in [0.15, 0.2) is 48.5 Å². The number of methoxy groups -OCH3 is 1. The summed E-state index contributed by atoms with van der Waals surface area (Å²) in [5.74, 6) is -1.33. The van der Waals surface area contributed by atoms with Crippen molar-refractivity contribution in [3.05, 3.63) is 65.2 Å². The average Bonchev–Trinajstić information content (AvgIpc) is 2.91. The van der Waals surface area contributed by atoms with Gasteiger partial charge in [0.05, 0.1) is 30.3 Å². The molecule has 1 amide bonds. The molecular formula is C18H15NO5. The number of ether oxygens (including phenoxy) is 2. The van der Waals surface area contributed by atoms with Gasteiger partial charge >= 0.3 is 11.9 Å². The highest BCUT2D eigenvalue weighted by Gasteiger charge is 2.32. The second-order valence-electron chi connectivity index (χ2n) is 5.27. The van der Waals surface area contributed by atoms with Crippen LogP contribution in [-0.2, 0) is 14.3 Å². The van der Waals surface area contributed by atoms with E-state index in [2.05, 4.69) is 5.32 Å². The predicted octanol–water partition coefficient (Wildman–Crippen LogP) is 2.71. The molecule has 2 aromatic rings. The van der Waals surface area contributed by atoms with E-state index in [1.54, 1.807) is 48.5 Å². The van der Waals surface area contributed by atoms with Crippen LogP contribution in [0, 0.1) is 0 Å². The van der Waals surface area contributed by atoms with Gasteiger partial charge in [0.1, 0.15) is 6.10 Å². The molecular weight excluding hydrogens is 310 g/mol. The van der Waals surface area contributed by atoms with Crippen molar-refractivity contribution in [2.45, 2.75) is 12.5 Å². The summed E-state index contributed by atoms with van der Waals surface area (Å²) in [6, 6.07) is 13.5. The fraction of sp³-hybridized carbons (Fsp3) is 0.167. The molecule has 24 heavy (non-hydrogen) atoms. The van der Waals surface area contributed by atoms with Crippen LogP contribution < -0.4 is 5.32 Å². The quantitative estimate of drug-likeness (QED) is 0.874. The lowest BCUT2D eigenvalue weighted by Gasteiger charge is -2.13. The van der Waals surface area contributed by atoms with E-state index < -0.39 is 18.0 Å². The third kappa shape index (κ3) is 2.99. The second kappa shape index (κ2) is 6.54. The molecule has 0 aromatic heterocycles. The molecule has 1 N–H and O–H groups in total. The molecule has 0 spiro atoms.